The Labute approximate surface area is 127 Å². The molecule has 0 radical (unpaired) electrons. The van der Waals surface area contributed by atoms with E-state index in [9.17, 15) is 14.0 Å². The molecule has 0 unspecified atom stereocenters. The highest BCUT2D eigenvalue weighted by atomic mass is 32.2. The molecule has 21 heavy (non-hydrogen) atoms. The Hall–Kier alpha value is -1.56. The molecule has 0 aromatic heterocycles. The molecule has 0 spiro atoms. The first-order valence-corrected chi connectivity index (χ1v) is 8.04. The molecule has 0 bridgehead atoms. The number of aliphatic carboxylic acids is 1. The average Bonchev–Trinajstić information content (AvgIpc) is 2.49. The number of carboxylic acids is 1. The van der Waals surface area contributed by atoms with E-state index in [1.165, 1.54) is 23.9 Å². The van der Waals surface area contributed by atoms with E-state index in [2.05, 4.69) is 0 Å². The normalized spacial score (nSPS) is 18.5. The smallest absolute Gasteiger partial charge is 0.308 e. The Morgan fingerprint density at radius 1 is 1.33 bits per heavy atom. The lowest BCUT2D eigenvalue weighted by Crippen LogP contribution is -2.43. The summed E-state index contributed by atoms with van der Waals surface area (Å²) in [6.45, 7) is 0.949. The summed E-state index contributed by atoms with van der Waals surface area (Å²) in [7, 11) is 0. The van der Waals surface area contributed by atoms with Gasteiger partial charge in [-0.2, -0.15) is 0 Å². The van der Waals surface area contributed by atoms with E-state index in [0.717, 1.165) is 12.0 Å². The summed E-state index contributed by atoms with van der Waals surface area (Å²) in [5.74, 6) is -0.594. The second kappa shape index (κ2) is 7.45. The van der Waals surface area contributed by atoms with Gasteiger partial charge < -0.3 is 10.0 Å². The van der Waals surface area contributed by atoms with Crippen LogP contribution in [0, 0.1) is 11.7 Å². The zero-order chi connectivity index (χ0) is 15.2. The quantitative estimate of drug-likeness (QED) is 0.907. The molecule has 0 aliphatic carbocycles. The van der Waals surface area contributed by atoms with Gasteiger partial charge in [-0.25, -0.2) is 4.39 Å². The third-order valence-electron chi connectivity index (χ3n) is 3.53. The number of carbonyl (C=O) groups excluding carboxylic acids is 1. The summed E-state index contributed by atoms with van der Waals surface area (Å²) in [4.78, 5) is 24.7. The average molecular weight is 311 g/mol. The molecule has 1 aromatic rings. The van der Waals surface area contributed by atoms with Crippen LogP contribution in [0.2, 0.25) is 0 Å². The molecule has 1 aliphatic heterocycles. The number of likely N-dealkylation sites (tertiary alicyclic amines) is 1. The fourth-order valence-corrected chi connectivity index (χ4v) is 3.22. The lowest BCUT2D eigenvalue weighted by atomic mass is 9.98. The predicted molar refractivity (Wildman–Crippen MR) is 79.5 cm³/mol. The van der Waals surface area contributed by atoms with Gasteiger partial charge in [-0.15, -0.1) is 11.8 Å². The number of piperidine rings is 1. The number of rotatable bonds is 5. The van der Waals surface area contributed by atoms with Gasteiger partial charge in [0.1, 0.15) is 5.82 Å². The van der Waals surface area contributed by atoms with Crippen LogP contribution in [0.3, 0.4) is 0 Å². The van der Waals surface area contributed by atoms with Crippen LogP contribution in [-0.4, -0.2) is 40.7 Å². The lowest BCUT2D eigenvalue weighted by Gasteiger charge is -2.30. The Morgan fingerprint density at radius 3 is 2.71 bits per heavy atom. The third-order valence-corrected chi connectivity index (χ3v) is 4.52. The number of carboxylic acid groups (broad SMARTS) is 1. The van der Waals surface area contributed by atoms with Gasteiger partial charge in [0, 0.05) is 18.8 Å². The summed E-state index contributed by atoms with van der Waals surface area (Å²) in [5.41, 5.74) is 0.969. The summed E-state index contributed by atoms with van der Waals surface area (Å²) < 4.78 is 12.8. The van der Waals surface area contributed by atoms with Crippen LogP contribution >= 0.6 is 11.8 Å². The van der Waals surface area contributed by atoms with E-state index >= 15 is 0 Å². The van der Waals surface area contributed by atoms with Crippen molar-refractivity contribution in [3.05, 3.63) is 35.6 Å². The molecule has 2 rings (SSSR count). The van der Waals surface area contributed by atoms with Gasteiger partial charge >= 0.3 is 5.97 Å². The van der Waals surface area contributed by atoms with Gasteiger partial charge in [-0.05, 0) is 30.5 Å². The molecule has 6 heteroatoms. The van der Waals surface area contributed by atoms with Crippen molar-refractivity contribution in [1.29, 1.82) is 0 Å². The summed E-state index contributed by atoms with van der Waals surface area (Å²) in [5, 5.41) is 9.01. The zero-order valence-electron chi connectivity index (χ0n) is 11.6. The molecule has 4 nitrogen and oxygen atoms in total. The van der Waals surface area contributed by atoms with E-state index < -0.39 is 11.9 Å². The number of hydrogen-bond acceptors (Lipinski definition) is 3. The van der Waals surface area contributed by atoms with Gasteiger partial charge in [0.05, 0.1) is 11.7 Å². The number of halogens is 1. The van der Waals surface area contributed by atoms with Gasteiger partial charge in [0.25, 0.3) is 0 Å². The van der Waals surface area contributed by atoms with Crippen molar-refractivity contribution >= 4 is 23.6 Å². The number of hydrogen-bond donors (Lipinski definition) is 1. The van der Waals surface area contributed by atoms with Crippen molar-refractivity contribution in [3.63, 3.8) is 0 Å². The van der Waals surface area contributed by atoms with Crippen LogP contribution in [0.5, 0.6) is 0 Å². The minimum Gasteiger partial charge on any atom is -0.481 e. The Morgan fingerprint density at radius 2 is 2.05 bits per heavy atom. The molecular weight excluding hydrogens is 293 g/mol. The number of benzene rings is 1. The molecule has 114 valence electrons. The van der Waals surface area contributed by atoms with E-state index in [-0.39, 0.29) is 11.7 Å². The van der Waals surface area contributed by atoms with Gasteiger partial charge in [0.2, 0.25) is 5.91 Å². The van der Waals surface area contributed by atoms with E-state index in [1.807, 2.05) is 0 Å². The molecule has 1 heterocycles. The van der Waals surface area contributed by atoms with E-state index in [0.29, 0.717) is 31.0 Å². The molecular formula is C15H18FNO3S. The van der Waals surface area contributed by atoms with Crippen molar-refractivity contribution in [2.45, 2.75) is 18.6 Å². The van der Waals surface area contributed by atoms with Crippen molar-refractivity contribution < 1.29 is 19.1 Å². The Balaban J connectivity index is 1.76. The monoisotopic (exact) mass is 311 g/mol. The first kappa shape index (κ1) is 15.8. The molecule has 1 fully saturated rings. The number of thioether (sulfide) groups is 1. The fourth-order valence-electron chi connectivity index (χ4n) is 2.33. The highest BCUT2D eigenvalue weighted by molar-refractivity contribution is 7.99. The topological polar surface area (TPSA) is 57.6 Å². The van der Waals surface area contributed by atoms with E-state index in [4.69, 9.17) is 5.11 Å². The Bertz CT molecular complexity index is 506. The first-order chi connectivity index (χ1) is 10.1. The molecule has 1 saturated heterocycles. The molecule has 1 aromatic carbocycles. The molecule has 1 aliphatic rings. The highest BCUT2D eigenvalue weighted by Crippen LogP contribution is 2.19. The maximum absolute atomic E-state index is 12.8. The minimum absolute atomic E-state index is 0.0203. The van der Waals surface area contributed by atoms with E-state index in [1.54, 1.807) is 17.0 Å². The van der Waals surface area contributed by atoms with Crippen LogP contribution < -0.4 is 0 Å². The fraction of sp³-hybridized carbons (Fsp3) is 0.467. The molecule has 1 atom stereocenters. The third kappa shape index (κ3) is 4.74. The standard InChI is InChI=1S/C15H18FNO3S/c16-13-5-3-11(4-6-13)9-21-10-14(18)17-7-1-2-12(8-17)15(19)20/h3-6,12H,1-2,7-10H2,(H,19,20)/t12-/m0/s1. The number of carbonyl (C=O) groups is 2. The van der Waals surface area contributed by atoms with Crippen LogP contribution in [0.1, 0.15) is 18.4 Å². The van der Waals surface area contributed by atoms with Gasteiger partial charge in [-0.3, -0.25) is 9.59 Å². The van der Waals surface area contributed by atoms with Gasteiger partial charge in [-0.1, -0.05) is 12.1 Å². The SMILES string of the molecule is O=C(O)[C@H]1CCCN(C(=O)CSCc2ccc(F)cc2)C1. The second-order valence-corrected chi connectivity index (χ2v) is 6.12. The number of nitrogens with zero attached hydrogens (tertiary/aromatic N) is 1. The van der Waals surface area contributed by atoms with Crippen molar-refractivity contribution in [1.82, 2.24) is 4.90 Å². The van der Waals surface area contributed by atoms with Crippen molar-refractivity contribution in [3.8, 4) is 0 Å². The van der Waals surface area contributed by atoms with Crippen LogP contribution in [0.25, 0.3) is 0 Å². The maximum atomic E-state index is 12.8. The molecule has 0 saturated carbocycles. The van der Waals surface area contributed by atoms with Gasteiger partial charge in [0.15, 0.2) is 0 Å². The van der Waals surface area contributed by atoms with Crippen LogP contribution in [0.15, 0.2) is 24.3 Å². The summed E-state index contributed by atoms with van der Waals surface area (Å²) in [6.07, 6.45) is 1.38. The maximum Gasteiger partial charge on any atom is 0.308 e. The largest absolute Gasteiger partial charge is 0.481 e. The summed E-state index contributed by atoms with van der Waals surface area (Å²) in [6, 6.07) is 6.21. The van der Waals surface area contributed by atoms with Crippen molar-refractivity contribution in [2.24, 2.45) is 5.92 Å². The van der Waals surface area contributed by atoms with Crippen LogP contribution in [-0.2, 0) is 15.3 Å². The zero-order valence-corrected chi connectivity index (χ0v) is 12.4. The van der Waals surface area contributed by atoms with Crippen LogP contribution in [0.4, 0.5) is 4.39 Å². The predicted octanol–water partition coefficient (Wildman–Crippen LogP) is 2.38. The second-order valence-electron chi connectivity index (χ2n) is 5.14. The molecule has 1 N–H and O–H groups in total. The minimum atomic E-state index is -0.827. The Kier molecular flexibility index (Phi) is 5.61. The number of amides is 1. The molecule has 1 amide bonds. The lowest BCUT2D eigenvalue weighted by molar-refractivity contribution is -0.145. The summed E-state index contributed by atoms with van der Waals surface area (Å²) >= 11 is 1.46. The highest BCUT2D eigenvalue weighted by Gasteiger charge is 2.27. The first-order valence-electron chi connectivity index (χ1n) is 6.89. The van der Waals surface area contributed by atoms with Crippen molar-refractivity contribution in [2.75, 3.05) is 18.8 Å².